The Kier molecular flexibility index (Phi) is 10.0. The van der Waals surface area contributed by atoms with Gasteiger partial charge in [-0.1, -0.05) is 0 Å². The number of rotatable bonds is 11. The summed E-state index contributed by atoms with van der Waals surface area (Å²) in [6.45, 7) is 0.183. The summed E-state index contributed by atoms with van der Waals surface area (Å²) < 4.78 is 0. The summed E-state index contributed by atoms with van der Waals surface area (Å²) >= 11 is 0. The molecule has 130 valence electrons. The lowest BCUT2D eigenvalue weighted by atomic mass is 10.0. The summed E-state index contributed by atoms with van der Waals surface area (Å²) in [5.41, 5.74) is 2.27. The van der Waals surface area contributed by atoms with E-state index in [1.807, 2.05) is 0 Å². The number of hydrogen-bond donors (Lipinski definition) is 8. The molecule has 5 atom stereocenters. The Labute approximate surface area is 127 Å². The normalized spacial score (nSPS) is 18.1. The Bertz CT molecular complexity index is 356. The molecule has 1 amide bonds. The van der Waals surface area contributed by atoms with E-state index in [1.165, 1.54) is 6.92 Å². The number of nitrogens with one attached hydrogen (secondary N) is 2. The fraction of sp³-hybridized carbons (Fsp3) is 0.833. The van der Waals surface area contributed by atoms with Crippen LogP contribution in [0.25, 0.3) is 0 Å². The molecule has 22 heavy (non-hydrogen) atoms. The van der Waals surface area contributed by atoms with Crippen LogP contribution in [0.15, 0.2) is 0 Å². The summed E-state index contributed by atoms with van der Waals surface area (Å²) in [6, 6.07) is -0.650. The highest BCUT2D eigenvalue weighted by Crippen LogP contribution is 2.05. The summed E-state index contributed by atoms with van der Waals surface area (Å²) in [5.74, 6) is 4.45. The number of aliphatic hydroxyl groups is 5. The molecule has 0 heterocycles. The minimum absolute atomic E-state index is 0.0287. The first kappa shape index (κ1) is 20.9. The van der Waals surface area contributed by atoms with Crippen LogP contribution in [0.2, 0.25) is 0 Å². The van der Waals surface area contributed by atoms with Crippen molar-refractivity contribution >= 4 is 11.7 Å². The van der Waals surface area contributed by atoms with Crippen molar-refractivity contribution in [2.45, 2.75) is 50.2 Å². The first-order chi connectivity index (χ1) is 10.2. The molecule has 9 N–H and O–H groups in total. The number of hydrazine groups is 1. The van der Waals surface area contributed by atoms with Gasteiger partial charge in [0.2, 0.25) is 5.91 Å². The Hall–Kier alpha value is -1.14. The summed E-state index contributed by atoms with van der Waals surface area (Å²) in [4.78, 5) is 22.6. The molecule has 0 aliphatic carbocycles. The van der Waals surface area contributed by atoms with E-state index in [9.17, 15) is 24.9 Å². The Morgan fingerprint density at radius 3 is 2.09 bits per heavy atom. The van der Waals surface area contributed by atoms with E-state index in [4.69, 9.17) is 16.1 Å². The molecule has 0 aromatic rings. The van der Waals surface area contributed by atoms with E-state index in [2.05, 4.69) is 10.7 Å². The third kappa shape index (κ3) is 7.22. The zero-order valence-corrected chi connectivity index (χ0v) is 12.3. The van der Waals surface area contributed by atoms with Crippen molar-refractivity contribution in [3.63, 3.8) is 0 Å². The van der Waals surface area contributed by atoms with Gasteiger partial charge >= 0.3 is 0 Å². The average molecular weight is 323 g/mol. The van der Waals surface area contributed by atoms with Gasteiger partial charge in [-0.2, -0.15) is 0 Å². The molecule has 10 heteroatoms. The van der Waals surface area contributed by atoms with Gasteiger partial charge in [0.05, 0.1) is 18.8 Å². The van der Waals surface area contributed by atoms with Gasteiger partial charge in [0.25, 0.3) is 0 Å². The van der Waals surface area contributed by atoms with Gasteiger partial charge in [-0.3, -0.25) is 15.4 Å². The molecule has 0 aromatic carbocycles. The van der Waals surface area contributed by atoms with Crippen molar-refractivity contribution < 1.29 is 35.1 Å². The molecule has 0 bridgehead atoms. The smallest absolute Gasteiger partial charge is 0.220 e. The zero-order valence-electron chi connectivity index (χ0n) is 12.3. The van der Waals surface area contributed by atoms with Crippen molar-refractivity contribution in [1.82, 2.24) is 10.7 Å². The van der Waals surface area contributed by atoms with E-state index < -0.39 is 43.0 Å². The molecule has 0 radical (unpaired) electrons. The predicted octanol–water partition coefficient (Wildman–Crippen LogP) is -4.26. The van der Waals surface area contributed by atoms with Gasteiger partial charge in [0.15, 0.2) is 0 Å². The molecule has 0 saturated carbocycles. The van der Waals surface area contributed by atoms with Gasteiger partial charge < -0.3 is 30.8 Å². The van der Waals surface area contributed by atoms with Crippen molar-refractivity contribution in [3.05, 3.63) is 0 Å². The minimum atomic E-state index is -1.75. The van der Waals surface area contributed by atoms with Gasteiger partial charge in [0, 0.05) is 13.0 Å². The molecule has 0 saturated heterocycles. The first-order valence-corrected chi connectivity index (χ1v) is 6.81. The first-order valence-electron chi connectivity index (χ1n) is 6.81. The van der Waals surface area contributed by atoms with Crippen molar-refractivity contribution in [1.29, 1.82) is 0 Å². The predicted molar refractivity (Wildman–Crippen MR) is 75.1 cm³/mol. The average Bonchev–Trinajstić information content (AvgIpc) is 2.50. The second-order valence-electron chi connectivity index (χ2n) is 4.97. The van der Waals surface area contributed by atoms with Crippen LogP contribution in [-0.4, -0.2) is 80.8 Å². The molecule has 0 aliphatic heterocycles. The number of aliphatic hydroxyl groups excluding tert-OH is 5. The maximum Gasteiger partial charge on any atom is 0.220 e. The molecular formula is C12H25N3O7. The third-order valence-corrected chi connectivity index (χ3v) is 3.19. The highest BCUT2D eigenvalue weighted by Gasteiger charge is 2.30. The van der Waals surface area contributed by atoms with Gasteiger partial charge in [0.1, 0.15) is 24.1 Å². The number of carbonyl (C=O) groups is 2. The highest BCUT2D eigenvalue weighted by atomic mass is 16.4. The molecule has 0 spiro atoms. The van der Waals surface area contributed by atoms with Crippen molar-refractivity contribution in [2.24, 2.45) is 5.84 Å². The number of Topliss-reactive ketones (excluding diaryl/α,β-unsaturated/α-hetero) is 1. The van der Waals surface area contributed by atoms with Gasteiger partial charge in [-0.15, -0.1) is 0 Å². The fourth-order valence-corrected chi connectivity index (χ4v) is 1.67. The molecule has 10 nitrogen and oxygen atoms in total. The van der Waals surface area contributed by atoms with Crippen molar-refractivity contribution in [3.8, 4) is 0 Å². The molecule has 0 aromatic heterocycles. The maximum absolute atomic E-state index is 11.5. The van der Waals surface area contributed by atoms with E-state index in [1.54, 1.807) is 0 Å². The molecule has 0 fully saturated rings. The summed E-state index contributed by atoms with van der Waals surface area (Å²) in [5, 5.41) is 48.6. The van der Waals surface area contributed by atoms with Crippen LogP contribution in [0.3, 0.4) is 0 Å². The van der Waals surface area contributed by atoms with Crippen LogP contribution in [0, 0.1) is 0 Å². The standard InChI is InChI=1S/C12H25N3O7/c1-6(17)7(15-13)2-3-10(20)14-4-8(18)11(21)12(22)9(19)5-16/h7-9,11-12,15-16,18-19,21-22H,2-5,13H2,1H3,(H,14,20). The third-order valence-electron chi connectivity index (χ3n) is 3.19. The van der Waals surface area contributed by atoms with Crippen LogP contribution in [0.4, 0.5) is 0 Å². The largest absolute Gasteiger partial charge is 0.394 e. The maximum atomic E-state index is 11.5. The lowest BCUT2D eigenvalue weighted by Gasteiger charge is -2.25. The van der Waals surface area contributed by atoms with Crippen LogP contribution in [0.5, 0.6) is 0 Å². The second kappa shape index (κ2) is 10.6. The molecule has 5 unspecified atom stereocenters. The summed E-state index contributed by atoms with van der Waals surface area (Å²) in [6.07, 6.45) is -6.48. The van der Waals surface area contributed by atoms with Crippen LogP contribution < -0.4 is 16.6 Å². The zero-order chi connectivity index (χ0) is 17.3. The molecular weight excluding hydrogens is 298 g/mol. The number of ketones is 1. The van der Waals surface area contributed by atoms with Crippen molar-refractivity contribution in [2.75, 3.05) is 13.2 Å². The minimum Gasteiger partial charge on any atom is -0.394 e. The topological polar surface area (TPSA) is 185 Å². The lowest BCUT2D eigenvalue weighted by molar-refractivity contribution is -0.126. The number of nitrogens with two attached hydrogens (primary N) is 1. The van der Waals surface area contributed by atoms with Gasteiger partial charge in [-0.25, -0.2) is 5.43 Å². The van der Waals surface area contributed by atoms with E-state index in [0.29, 0.717) is 0 Å². The summed E-state index contributed by atoms with van der Waals surface area (Å²) in [7, 11) is 0. The number of carbonyl (C=O) groups excluding carboxylic acids is 2. The van der Waals surface area contributed by atoms with E-state index >= 15 is 0 Å². The molecule has 0 aliphatic rings. The lowest BCUT2D eigenvalue weighted by Crippen LogP contribution is -2.49. The Morgan fingerprint density at radius 2 is 1.64 bits per heavy atom. The van der Waals surface area contributed by atoms with Crippen LogP contribution >= 0.6 is 0 Å². The monoisotopic (exact) mass is 323 g/mol. The van der Waals surface area contributed by atoms with Gasteiger partial charge in [-0.05, 0) is 13.3 Å². The fourth-order valence-electron chi connectivity index (χ4n) is 1.67. The molecule has 0 rings (SSSR count). The Morgan fingerprint density at radius 1 is 1.09 bits per heavy atom. The second-order valence-corrected chi connectivity index (χ2v) is 4.97. The highest BCUT2D eigenvalue weighted by molar-refractivity contribution is 5.82. The number of amides is 1. The quantitative estimate of drug-likeness (QED) is 0.138. The van der Waals surface area contributed by atoms with Crippen LogP contribution in [-0.2, 0) is 9.59 Å². The Balaban J connectivity index is 4.16. The number of hydrogen-bond acceptors (Lipinski definition) is 9. The van der Waals surface area contributed by atoms with E-state index in [0.717, 1.165) is 0 Å². The van der Waals surface area contributed by atoms with Crippen LogP contribution in [0.1, 0.15) is 19.8 Å². The van der Waals surface area contributed by atoms with E-state index in [-0.39, 0.29) is 25.2 Å². The SMILES string of the molecule is CC(=O)C(CCC(=O)NCC(O)C(O)C(O)C(O)CO)NN.